The minimum Gasteiger partial charge on any atom is -0.478 e. The standard InChI is InChI=1S/C34H28ClNO8/c1-20(37)43-31-18-27(28(33(39)40)17-29(31)34(41)42)32(38)36(30-11-5-8-22-7-2-3-10-26(22)30)19-21-6-4-9-25(16-21)44-24-14-12-23(35)13-15-24/h2-4,6-7,9-10,12-18,30H,5,8,11,19H2,1H3,(H,39,40)(H,41,42)/t30-/m0/s1. The number of fused-ring (bicyclic) bond motifs is 1. The molecule has 0 unspecified atom stereocenters. The minimum atomic E-state index is -1.50. The molecule has 0 aromatic heterocycles. The van der Waals surface area contributed by atoms with Crippen LogP contribution in [-0.2, 0) is 17.8 Å². The lowest BCUT2D eigenvalue weighted by molar-refractivity contribution is -0.131. The van der Waals surface area contributed by atoms with Crippen LogP contribution in [-0.4, -0.2) is 38.9 Å². The van der Waals surface area contributed by atoms with Crippen LogP contribution in [0.25, 0.3) is 0 Å². The molecule has 1 atom stereocenters. The SMILES string of the molecule is CC(=O)Oc1cc(C(=O)N(Cc2cccc(Oc3ccc(Cl)cc3)c2)[C@H]2CCCc3ccccc32)c(C(=O)O)cc1C(=O)O. The van der Waals surface area contributed by atoms with Crippen LogP contribution in [0.2, 0.25) is 5.02 Å². The number of esters is 1. The number of halogens is 1. The van der Waals surface area contributed by atoms with Crippen LogP contribution in [0.4, 0.5) is 0 Å². The normalized spacial score (nSPS) is 13.8. The Morgan fingerprint density at radius 1 is 0.841 bits per heavy atom. The number of aromatic carboxylic acids is 2. The lowest BCUT2D eigenvalue weighted by Crippen LogP contribution is -2.37. The highest BCUT2D eigenvalue weighted by atomic mass is 35.5. The zero-order valence-electron chi connectivity index (χ0n) is 23.7. The summed E-state index contributed by atoms with van der Waals surface area (Å²) >= 11 is 5.99. The van der Waals surface area contributed by atoms with Crippen LogP contribution in [0.3, 0.4) is 0 Å². The number of hydrogen-bond donors (Lipinski definition) is 2. The summed E-state index contributed by atoms with van der Waals surface area (Å²) in [6, 6.07) is 23.3. The number of carbonyl (C=O) groups is 4. The third-order valence-electron chi connectivity index (χ3n) is 7.34. The number of carboxylic acid groups (broad SMARTS) is 2. The van der Waals surface area contributed by atoms with Crippen molar-refractivity contribution in [1.29, 1.82) is 0 Å². The largest absolute Gasteiger partial charge is 0.478 e. The van der Waals surface area contributed by atoms with Crippen molar-refractivity contribution < 1.29 is 38.9 Å². The van der Waals surface area contributed by atoms with Crippen LogP contribution in [0.15, 0.2) is 84.9 Å². The van der Waals surface area contributed by atoms with Gasteiger partial charge in [-0.25, -0.2) is 9.59 Å². The van der Waals surface area contributed by atoms with Gasteiger partial charge in [0.1, 0.15) is 22.8 Å². The van der Waals surface area contributed by atoms with Gasteiger partial charge < -0.3 is 24.6 Å². The number of carbonyl (C=O) groups excluding carboxylic acids is 2. The van der Waals surface area contributed by atoms with E-state index in [0.717, 1.165) is 43.0 Å². The Labute approximate surface area is 258 Å². The molecule has 0 heterocycles. The molecule has 224 valence electrons. The highest BCUT2D eigenvalue weighted by Gasteiger charge is 2.33. The van der Waals surface area contributed by atoms with Crippen molar-refractivity contribution in [3.8, 4) is 17.2 Å². The second-order valence-corrected chi connectivity index (χ2v) is 10.8. The topological polar surface area (TPSA) is 130 Å². The molecule has 4 aromatic carbocycles. The van der Waals surface area contributed by atoms with Gasteiger partial charge in [0, 0.05) is 18.5 Å². The number of nitrogens with zero attached hydrogens (tertiary/aromatic N) is 1. The van der Waals surface area contributed by atoms with E-state index in [0.29, 0.717) is 28.5 Å². The molecule has 0 radical (unpaired) electrons. The summed E-state index contributed by atoms with van der Waals surface area (Å²) in [4.78, 5) is 52.0. The van der Waals surface area contributed by atoms with E-state index >= 15 is 0 Å². The maximum atomic E-state index is 14.4. The zero-order chi connectivity index (χ0) is 31.4. The van der Waals surface area contributed by atoms with Gasteiger partial charge in [0.15, 0.2) is 0 Å². The van der Waals surface area contributed by atoms with Gasteiger partial charge in [0.25, 0.3) is 5.91 Å². The first-order chi connectivity index (χ1) is 21.1. The number of amides is 1. The van der Waals surface area contributed by atoms with E-state index in [1.54, 1.807) is 47.4 Å². The number of aryl methyl sites for hydroxylation is 1. The molecular formula is C34H28ClNO8. The Morgan fingerprint density at radius 3 is 2.27 bits per heavy atom. The molecule has 0 fully saturated rings. The Balaban J connectivity index is 1.59. The van der Waals surface area contributed by atoms with Crippen molar-refractivity contribution in [2.45, 2.75) is 38.8 Å². The first-order valence-corrected chi connectivity index (χ1v) is 14.2. The minimum absolute atomic E-state index is 0.0816. The quantitative estimate of drug-likeness (QED) is 0.150. The van der Waals surface area contributed by atoms with Crippen molar-refractivity contribution in [2.24, 2.45) is 0 Å². The van der Waals surface area contributed by atoms with E-state index in [1.807, 2.05) is 30.3 Å². The lowest BCUT2D eigenvalue weighted by Gasteiger charge is -2.36. The van der Waals surface area contributed by atoms with E-state index in [1.165, 1.54) is 0 Å². The summed E-state index contributed by atoms with van der Waals surface area (Å²) in [6.07, 6.45) is 2.26. The molecular weight excluding hydrogens is 586 g/mol. The third kappa shape index (κ3) is 6.74. The van der Waals surface area contributed by atoms with Gasteiger partial charge in [-0.2, -0.15) is 0 Å². The van der Waals surface area contributed by atoms with E-state index in [2.05, 4.69) is 0 Å². The molecule has 1 aliphatic carbocycles. The molecule has 0 saturated heterocycles. The van der Waals surface area contributed by atoms with Gasteiger partial charge in [0.2, 0.25) is 0 Å². The maximum Gasteiger partial charge on any atom is 0.339 e. The van der Waals surface area contributed by atoms with Crippen LogP contribution < -0.4 is 9.47 Å². The van der Waals surface area contributed by atoms with Crippen molar-refractivity contribution in [3.05, 3.63) is 123 Å². The van der Waals surface area contributed by atoms with E-state index in [9.17, 15) is 29.4 Å². The molecule has 0 aliphatic heterocycles. The highest BCUT2D eigenvalue weighted by molar-refractivity contribution is 6.30. The fraction of sp³-hybridized carbons (Fsp3) is 0.176. The fourth-order valence-corrected chi connectivity index (χ4v) is 5.54. The highest BCUT2D eigenvalue weighted by Crippen LogP contribution is 2.38. The average Bonchev–Trinajstić information content (AvgIpc) is 3.00. The molecule has 0 saturated carbocycles. The number of carboxylic acids is 2. The number of rotatable bonds is 9. The maximum absolute atomic E-state index is 14.4. The van der Waals surface area contributed by atoms with Gasteiger partial charge in [-0.05, 0) is 84.5 Å². The van der Waals surface area contributed by atoms with Crippen LogP contribution in [0, 0.1) is 0 Å². The summed E-state index contributed by atoms with van der Waals surface area (Å²) in [5.74, 6) is -3.78. The van der Waals surface area contributed by atoms with Gasteiger partial charge >= 0.3 is 17.9 Å². The van der Waals surface area contributed by atoms with E-state index in [4.69, 9.17) is 21.1 Å². The molecule has 10 heteroatoms. The predicted molar refractivity (Wildman–Crippen MR) is 162 cm³/mol. The molecule has 9 nitrogen and oxygen atoms in total. The van der Waals surface area contributed by atoms with Gasteiger partial charge in [-0.1, -0.05) is 48.0 Å². The summed E-state index contributed by atoms with van der Waals surface area (Å²) in [7, 11) is 0. The Kier molecular flexibility index (Phi) is 8.96. The second-order valence-electron chi connectivity index (χ2n) is 10.3. The Morgan fingerprint density at radius 2 is 1.57 bits per heavy atom. The summed E-state index contributed by atoms with van der Waals surface area (Å²) in [5, 5.41) is 20.3. The Hall–Kier alpha value is -5.15. The van der Waals surface area contributed by atoms with Crippen molar-refractivity contribution in [1.82, 2.24) is 4.90 Å². The molecule has 4 aromatic rings. The van der Waals surface area contributed by atoms with Gasteiger partial charge in [0.05, 0.1) is 17.2 Å². The van der Waals surface area contributed by atoms with Crippen molar-refractivity contribution in [3.63, 3.8) is 0 Å². The van der Waals surface area contributed by atoms with Crippen LogP contribution in [0.5, 0.6) is 17.2 Å². The predicted octanol–water partition coefficient (Wildman–Crippen LogP) is 7.17. The number of ether oxygens (including phenoxy) is 2. The number of benzene rings is 4. The molecule has 44 heavy (non-hydrogen) atoms. The van der Waals surface area contributed by atoms with Gasteiger partial charge in [-0.15, -0.1) is 0 Å². The average molecular weight is 614 g/mol. The number of hydrogen-bond acceptors (Lipinski definition) is 6. The molecule has 1 amide bonds. The molecule has 5 rings (SSSR count). The van der Waals surface area contributed by atoms with Crippen LogP contribution >= 0.6 is 11.6 Å². The first kappa shape index (κ1) is 30.3. The molecule has 1 aliphatic rings. The van der Waals surface area contributed by atoms with Crippen molar-refractivity contribution >= 4 is 35.4 Å². The smallest absolute Gasteiger partial charge is 0.339 e. The second kappa shape index (κ2) is 13.0. The monoisotopic (exact) mass is 613 g/mol. The molecule has 0 spiro atoms. The first-order valence-electron chi connectivity index (χ1n) is 13.8. The van der Waals surface area contributed by atoms with Crippen molar-refractivity contribution in [2.75, 3.05) is 0 Å². The van der Waals surface area contributed by atoms with E-state index in [-0.39, 0.29) is 12.1 Å². The summed E-state index contributed by atoms with van der Waals surface area (Å²) < 4.78 is 11.1. The fourth-order valence-electron chi connectivity index (χ4n) is 5.41. The molecule has 0 bridgehead atoms. The summed E-state index contributed by atoms with van der Waals surface area (Å²) in [5.41, 5.74) is 1.39. The summed E-state index contributed by atoms with van der Waals surface area (Å²) in [6.45, 7) is 1.17. The zero-order valence-corrected chi connectivity index (χ0v) is 24.4. The van der Waals surface area contributed by atoms with Crippen LogP contribution in [0.1, 0.15) is 73.6 Å². The Bertz CT molecular complexity index is 1750. The molecule has 2 N–H and O–H groups in total. The van der Waals surface area contributed by atoms with Gasteiger partial charge in [-0.3, -0.25) is 9.59 Å². The van der Waals surface area contributed by atoms with E-state index < -0.39 is 46.7 Å². The third-order valence-corrected chi connectivity index (χ3v) is 7.59. The lowest BCUT2D eigenvalue weighted by atomic mass is 9.86.